The second-order valence-corrected chi connectivity index (χ2v) is 5.89. The summed E-state index contributed by atoms with van der Waals surface area (Å²) in [5.74, 6) is 0.210. The van der Waals surface area contributed by atoms with E-state index < -0.39 is 5.54 Å². The summed E-state index contributed by atoms with van der Waals surface area (Å²) in [6, 6.07) is 0. The van der Waals surface area contributed by atoms with Crippen molar-refractivity contribution in [2.24, 2.45) is 11.7 Å². The SMILES string of the molecule is CCN(CCCN(C)C)CC(NC)(C(N)=O)C1CC1. The van der Waals surface area contributed by atoms with Gasteiger partial charge in [-0.05, 0) is 66.0 Å². The van der Waals surface area contributed by atoms with Crippen molar-refractivity contribution in [3.63, 3.8) is 0 Å². The van der Waals surface area contributed by atoms with Crippen molar-refractivity contribution >= 4 is 5.91 Å². The summed E-state index contributed by atoms with van der Waals surface area (Å²) < 4.78 is 0. The number of carbonyl (C=O) groups excluding carboxylic acids is 1. The second-order valence-electron chi connectivity index (χ2n) is 5.89. The van der Waals surface area contributed by atoms with Gasteiger partial charge in [0.15, 0.2) is 0 Å². The zero-order valence-corrected chi connectivity index (χ0v) is 12.9. The Hall–Kier alpha value is -0.650. The Kier molecular flexibility index (Phi) is 6.23. The Balaban J connectivity index is 2.57. The number of nitrogens with two attached hydrogens (primary N) is 1. The molecule has 1 aliphatic carbocycles. The molecule has 0 bridgehead atoms. The molecule has 1 unspecified atom stereocenters. The number of hydrogen-bond donors (Lipinski definition) is 2. The average Bonchev–Trinajstić information content (AvgIpc) is 3.17. The number of likely N-dealkylation sites (N-methyl/N-ethyl adjacent to an activating group) is 2. The molecule has 5 nitrogen and oxygen atoms in total. The minimum absolute atomic E-state index is 0.205. The lowest BCUT2D eigenvalue weighted by Gasteiger charge is -2.36. The van der Waals surface area contributed by atoms with Crippen LogP contribution in [0.15, 0.2) is 0 Å². The second kappa shape index (κ2) is 7.22. The number of nitrogens with one attached hydrogen (secondary N) is 1. The van der Waals surface area contributed by atoms with Gasteiger partial charge >= 0.3 is 0 Å². The molecule has 1 saturated carbocycles. The van der Waals surface area contributed by atoms with Crippen molar-refractivity contribution in [3.05, 3.63) is 0 Å². The summed E-state index contributed by atoms with van der Waals surface area (Å²) in [5.41, 5.74) is 5.13. The zero-order chi connectivity index (χ0) is 14.5. The van der Waals surface area contributed by atoms with Crippen molar-refractivity contribution in [2.75, 3.05) is 47.3 Å². The first-order chi connectivity index (χ1) is 8.96. The van der Waals surface area contributed by atoms with Gasteiger partial charge in [-0.25, -0.2) is 0 Å². The van der Waals surface area contributed by atoms with Crippen LogP contribution in [-0.4, -0.2) is 68.6 Å². The van der Waals surface area contributed by atoms with E-state index in [2.05, 4.69) is 36.1 Å². The van der Waals surface area contributed by atoms with E-state index >= 15 is 0 Å². The summed E-state index contributed by atoms with van der Waals surface area (Å²) >= 11 is 0. The highest BCUT2D eigenvalue weighted by Gasteiger charge is 2.49. The van der Waals surface area contributed by atoms with E-state index in [1.54, 1.807) is 0 Å². The molecule has 1 fully saturated rings. The number of nitrogens with zero attached hydrogens (tertiary/aromatic N) is 2. The van der Waals surface area contributed by atoms with Crippen molar-refractivity contribution in [2.45, 2.75) is 31.7 Å². The third kappa shape index (κ3) is 4.44. The number of primary amides is 1. The molecule has 1 aliphatic rings. The van der Waals surface area contributed by atoms with Crippen LogP contribution in [0.1, 0.15) is 26.2 Å². The summed E-state index contributed by atoms with van der Waals surface area (Å²) in [6.07, 6.45) is 3.34. The molecule has 5 heteroatoms. The van der Waals surface area contributed by atoms with Gasteiger partial charge in [0.1, 0.15) is 5.54 Å². The van der Waals surface area contributed by atoms with Gasteiger partial charge in [0.05, 0.1) is 0 Å². The maximum absolute atomic E-state index is 11.9. The van der Waals surface area contributed by atoms with E-state index in [4.69, 9.17) is 5.73 Å². The maximum Gasteiger partial charge on any atom is 0.239 e. The normalized spacial score (nSPS) is 18.8. The number of carbonyl (C=O) groups is 1. The summed E-state index contributed by atoms with van der Waals surface area (Å²) in [4.78, 5) is 16.4. The molecular formula is C14H30N4O. The van der Waals surface area contributed by atoms with Crippen LogP contribution >= 0.6 is 0 Å². The van der Waals surface area contributed by atoms with Crippen molar-refractivity contribution in [1.29, 1.82) is 0 Å². The van der Waals surface area contributed by atoms with Gasteiger partial charge in [-0.2, -0.15) is 0 Å². The third-order valence-electron chi connectivity index (χ3n) is 4.16. The Morgan fingerprint density at radius 1 is 1.37 bits per heavy atom. The van der Waals surface area contributed by atoms with Crippen LogP contribution < -0.4 is 11.1 Å². The lowest BCUT2D eigenvalue weighted by Crippen LogP contribution is -2.62. The summed E-state index contributed by atoms with van der Waals surface area (Å²) in [6.45, 7) is 5.91. The van der Waals surface area contributed by atoms with Crippen molar-refractivity contribution in [1.82, 2.24) is 15.1 Å². The Bertz CT molecular complexity index is 291. The van der Waals surface area contributed by atoms with Crippen LogP contribution in [0.25, 0.3) is 0 Å². The van der Waals surface area contributed by atoms with Crippen LogP contribution in [0.3, 0.4) is 0 Å². The van der Waals surface area contributed by atoms with E-state index in [0.29, 0.717) is 5.92 Å². The molecule has 0 aliphatic heterocycles. The minimum atomic E-state index is -0.534. The largest absolute Gasteiger partial charge is 0.368 e. The zero-order valence-electron chi connectivity index (χ0n) is 12.9. The molecule has 0 aromatic rings. The Morgan fingerprint density at radius 3 is 2.37 bits per heavy atom. The summed E-state index contributed by atoms with van der Waals surface area (Å²) in [7, 11) is 6.03. The van der Waals surface area contributed by atoms with Crippen molar-refractivity contribution in [3.8, 4) is 0 Å². The van der Waals surface area contributed by atoms with Gasteiger partial charge in [-0.15, -0.1) is 0 Å². The maximum atomic E-state index is 11.9. The number of rotatable bonds is 10. The highest BCUT2D eigenvalue weighted by atomic mass is 16.1. The predicted molar refractivity (Wildman–Crippen MR) is 79.0 cm³/mol. The first-order valence-corrected chi connectivity index (χ1v) is 7.32. The highest BCUT2D eigenvalue weighted by Crippen LogP contribution is 2.40. The van der Waals surface area contributed by atoms with Gasteiger partial charge in [0, 0.05) is 6.54 Å². The number of hydrogen-bond acceptors (Lipinski definition) is 4. The van der Waals surface area contributed by atoms with Crippen LogP contribution in [0, 0.1) is 5.92 Å². The van der Waals surface area contributed by atoms with Gasteiger partial charge in [-0.1, -0.05) is 6.92 Å². The highest BCUT2D eigenvalue weighted by molar-refractivity contribution is 5.85. The standard InChI is InChI=1S/C14H30N4O/c1-5-18(10-6-9-17(3)4)11-14(16-2,13(15)19)12-7-8-12/h12,16H,5-11H2,1-4H3,(H2,15,19). The number of amides is 1. The average molecular weight is 270 g/mol. The van der Waals surface area contributed by atoms with Gasteiger partial charge in [0.2, 0.25) is 5.91 Å². The quantitative estimate of drug-likeness (QED) is 0.592. The molecule has 19 heavy (non-hydrogen) atoms. The van der Waals surface area contributed by atoms with E-state index in [0.717, 1.165) is 45.4 Å². The lowest BCUT2D eigenvalue weighted by molar-refractivity contribution is -0.126. The predicted octanol–water partition coefficient (Wildman–Crippen LogP) is 0.114. The minimum Gasteiger partial charge on any atom is -0.368 e. The fourth-order valence-corrected chi connectivity index (χ4v) is 2.70. The fraction of sp³-hybridized carbons (Fsp3) is 0.929. The molecule has 1 atom stereocenters. The topological polar surface area (TPSA) is 61.6 Å². The fourth-order valence-electron chi connectivity index (χ4n) is 2.70. The lowest BCUT2D eigenvalue weighted by atomic mass is 9.91. The summed E-state index contributed by atoms with van der Waals surface area (Å²) in [5, 5.41) is 3.21. The van der Waals surface area contributed by atoms with E-state index in [-0.39, 0.29) is 5.91 Å². The van der Waals surface area contributed by atoms with Gasteiger partial charge in [0.25, 0.3) is 0 Å². The molecule has 0 aromatic heterocycles. The van der Waals surface area contributed by atoms with Crippen LogP contribution in [-0.2, 0) is 4.79 Å². The molecule has 3 N–H and O–H groups in total. The molecule has 0 spiro atoms. The van der Waals surface area contributed by atoms with Crippen LogP contribution in [0.4, 0.5) is 0 Å². The van der Waals surface area contributed by atoms with Crippen LogP contribution in [0.2, 0.25) is 0 Å². The Labute approximate surface area is 117 Å². The monoisotopic (exact) mass is 270 g/mol. The first-order valence-electron chi connectivity index (χ1n) is 7.32. The third-order valence-corrected chi connectivity index (χ3v) is 4.16. The Morgan fingerprint density at radius 2 is 2.00 bits per heavy atom. The van der Waals surface area contributed by atoms with Crippen LogP contribution in [0.5, 0.6) is 0 Å². The molecule has 0 saturated heterocycles. The van der Waals surface area contributed by atoms with E-state index in [1.807, 2.05) is 7.05 Å². The van der Waals surface area contributed by atoms with Gasteiger partial charge in [-0.3, -0.25) is 4.79 Å². The van der Waals surface area contributed by atoms with Gasteiger partial charge < -0.3 is 20.9 Å². The molecular weight excluding hydrogens is 240 g/mol. The smallest absolute Gasteiger partial charge is 0.239 e. The molecule has 0 aromatic carbocycles. The molecule has 1 amide bonds. The molecule has 112 valence electrons. The van der Waals surface area contributed by atoms with Crippen molar-refractivity contribution < 1.29 is 4.79 Å². The first kappa shape index (κ1) is 16.4. The van der Waals surface area contributed by atoms with E-state index in [9.17, 15) is 4.79 Å². The van der Waals surface area contributed by atoms with E-state index in [1.165, 1.54) is 0 Å². The molecule has 0 heterocycles. The molecule has 1 rings (SSSR count). The molecule has 0 radical (unpaired) electrons.